The summed E-state index contributed by atoms with van der Waals surface area (Å²) in [6, 6.07) is 12.4. The number of ether oxygens (including phenoxy) is 2. The third-order valence-corrected chi connectivity index (χ3v) is 6.28. The van der Waals surface area contributed by atoms with Crippen molar-refractivity contribution >= 4 is 17.7 Å². The number of rotatable bonds is 8. The minimum atomic E-state index is -4.41. The Balaban J connectivity index is 1.57. The molecule has 1 N–H and O–H groups in total. The molecule has 1 aliphatic rings. The van der Waals surface area contributed by atoms with Crippen LogP contribution >= 0.6 is 11.8 Å². The van der Waals surface area contributed by atoms with Gasteiger partial charge in [0.15, 0.2) is 11.0 Å². The number of aromatic nitrogens is 3. The molecule has 1 fully saturated rings. The van der Waals surface area contributed by atoms with E-state index in [1.165, 1.54) is 17.8 Å². The molecule has 7 nitrogen and oxygen atoms in total. The van der Waals surface area contributed by atoms with Crippen molar-refractivity contribution in [3.8, 4) is 11.4 Å². The van der Waals surface area contributed by atoms with Gasteiger partial charge in [0, 0.05) is 18.4 Å². The molecule has 3 aromatic rings. The van der Waals surface area contributed by atoms with E-state index in [2.05, 4.69) is 15.5 Å². The number of alkyl halides is 3. The summed E-state index contributed by atoms with van der Waals surface area (Å²) in [7, 11) is 1.55. The van der Waals surface area contributed by atoms with Gasteiger partial charge in [-0.2, -0.15) is 13.2 Å². The van der Waals surface area contributed by atoms with E-state index < -0.39 is 17.8 Å². The number of nitrogens with zero attached hydrogens (tertiary/aromatic N) is 3. The van der Waals surface area contributed by atoms with Crippen molar-refractivity contribution in [1.82, 2.24) is 20.1 Å². The zero-order chi connectivity index (χ0) is 24.1. The zero-order valence-corrected chi connectivity index (χ0v) is 19.2. The van der Waals surface area contributed by atoms with Crippen LogP contribution in [0.25, 0.3) is 5.69 Å². The van der Waals surface area contributed by atoms with Gasteiger partial charge in [-0.1, -0.05) is 36.0 Å². The summed E-state index contributed by atoms with van der Waals surface area (Å²) in [5.41, 5.74) is 0.517. The Morgan fingerprint density at radius 1 is 1.24 bits per heavy atom. The lowest BCUT2D eigenvalue weighted by Gasteiger charge is -2.13. The molecule has 180 valence electrons. The molecular formula is C23H23F3N4O3S. The van der Waals surface area contributed by atoms with Crippen LogP contribution < -0.4 is 10.1 Å². The molecule has 0 aliphatic carbocycles. The van der Waals surface area contributed by atoms with Gasteiger partial charge in [0.05, 0.1) is 24.9 Å². The summed E-state index contributed by atoms with van der Waals surface area (Å²) < 4.78 is 51.7. The van der Waals surface area contributed by atoms with Crippen LogP contribution in [0.1, 0.15) is 29.8 Å². The lowest BCUT2D eigenvalue weighted by molar-refractivity contribution is -0.137. The van der Waals surface area contributed by atoms with E-state index in [9.17, 15) is 18.0 Å². The lowest BCUT2D eigenvalue weighted by atomic mass is 10.1. The highest BCUT2D eigenvalue weighted by atomic mass is 32.2. The van der Waals surface area contributed by atoms with Crippen molar-refractivity contribution < 1.29 is 27.4 Å². The quantitative estimate of drug-likeness (QED) is 0.470. The second-order valence-electron chi connectivity index (χ2n) is 7.64. The van der Waals surface area contributed by atoms with Gasteiger partial charge >= 0.3 is 6.18 Å². The van der Waals surface area contributed by atoms with Crippen LogP contribution in [0.15, 0.2) is 53.7 Å². The van der Waals surface area contributed by atoms with E-state index in [1.807, 2.05) is 12.1 Å². The average molecular weight is 493 g/mol. The summed E-state index contributed by atoms with van der Waals surface area (Å²) in [6.45, 7) is 0.682. The molecule has 2 aromatic carbocycles. The third-order valence-electron chi connectivity index (χ3n) is 5.28. The number of thioether (sulfide) groups is 1. The fraction of sp³-hybridized carbons (Fsp3) is 0.348. The van der Waals surface area contributed by atoms with Crippen molar-refractivity contribution in [2.75, 3.05) is 13.7 Å². The maximum absolute atomic E-state index is 13.1. The van der Waals surface area contributed by atoms with Gasteiger partial charge in [-0.15, -0.1) is 10.2 Å². The normalized spacial score (nSPS) is 15.9. The minimum absolute atomic E-state index is 0.118. The predicted octanol–water partition coefficient (Wildman–Crippen LogP) is 4.38. The van der Waals surface area contributed by atoms with Crippen LogP contribution in [-0.2, 0) is 28.0 Å². The van der Waals surface area contributed by atoms with Crippen LogP contribution in [0, 0.1) is 0 Å². The number of halogens is 3. The number of benzene rings is 2. The van der Waals surface area contributed by atoms with Crippen LogP contribution in [0.5, 0.6) is 5.75 Å². The smallest absolute Gasteiger partial charge is 0.416 e. The highest BCUT2D eigenvalue weighted by Gasteiger charge is 2.30. The van der Waals surface area contributed by atoms with E-state index >= 15 is 0 Å². The van der Waals surface area contributed by atoms with Gasteiger partial charge in [0.25, 0.3) is 0 Å². The Hall–Kier alpha value is -3.05. The fourth-order valence-corrected chi connectivity index (χ4v) is 4.48. The summed E-state index contributed by atoms with van der Waals surface area (Å²) in [6.07, 6.45) is -3.36. The molecule has 0 radical (unpaired) electrons. The number of amides is 1. The molecule has 34 heavy (non-hydrogen) atoms. The van der Waals surface area contributed by atoms with Gasteiger partial charge in [-0.3, -0.25) is 9.36 Å². The molecule has 0 saturated carbocycles. The highest BCUT2D eigenvalue weighted by Crippen LogP contribution is 2.32. The van der Waals surface area contributed by atoms with Gasteiger partial charge < -0.3 is 14.8 Å². The standard InChI is InChI=1S/C23H23F3N4O3S/c1-32-18-8-3-7-17(12-18)30-20(13-27-21(31)19-9-4-10-33-19)28-29-22(30)34-14-15-5-2-6-16(11-15)23(24,25)26/h2-3,5-8,11-12,19H,4,9-10,13-14H2,1H3,(H,27,31). The third kappa shape index (κ3) is 5.71. The maximum atomic E-state index is 13.1. The van der Waals surface area contributed by atoms with Crippen LogP contribution in [0.2, 0.25) is 0 Å². The molecule has 1 atom stereocenters. The fourth-order valence-electron chi connectivity index (χ4n) is 3.57. The van der Waals surface area contributed by atoms with E-state index in [-0.39, 0.29) is 18.2 Å². The number of methoxy groups -OCH3 is 1. The number of carbonyl (C=O) groups is 1. The number of hydrogen-bond donors (Lipinski definition) is 1. The molecule has 1 amide bonds. The second-order valence-corrected chi connectivity index (χ2v) is 8.58. The van der Waals surface area contributed by atoms with Crippen molar-refractivity contribution in [2.45, 2.75) is 42.6 Å². The molecule has 1 unspecified atom stereocenters. The zero-order valence-electron chi connectivity index (χ0n) is 18.3. The SMILES string of the molecule is COc1cccc(-n2c(CNC(=O)C3CCCO3)nnc2SCc2cccc(C(F)(F)F)c2)c1. The van der Waals surface area contributed by atoms with Gasteiger partial charge in [-0.25, -0.2) is 0 Å². The Morgan fingerprint density at radius 2 is 2.06 bits per heavy atom. The van der Waals surface area contributed by atoms with Crippen molar-refractivity contribution in [2.24, 2.45) is 0 Å². The van der Waals surface area contributed by atoms with Crippen LogP contribution in [-0.4, -0.2) is 40.5 Å². The van der Waals surface area contributed by atoms with Crippen LogP contribution in [0.4, 0.5) is 13.2 Å². The Labute approximate surface area is 198 Å². The first-order valence-electron chi connectivity index (χ1n) is 10.6. The lowest BCUT2D eigenvalue weighted by Crippen LogP contribution is -2.34. The van der Waals surface area contributed by atoms with Gasteiger partial charge in [-0.05, 0) is 36.6 Å². The van der Waals surface area contributed by atoms with Gasteiger partial charge in [0.1, 0.15) is 11.9 Å². The average Bonchev–Trinajstić information content (AvgIpc) is 3.51. The van der Waals surface area contributed by atoms with Crippen molar-refractivity contribution in [3.05, 3.63) is 65.5 Å². The summed E-state index contributed by atoms with van der Waals surface area (Å²) in [4.78, 5) is 12.4. The predicted molar refractivity (Wildman–Crippen MR) is 120 cm³/mol. The molecule has 1 saturated heterocycles. The molecule has 1 aliphatic heterocycles. The molecular weight excluding hydrogens is 469 g/mol. The largest absolute Gasteiger partial charge is 0.497 e. The van der Waals surface area contributed by atoms with E-state index in [0.717, 1.165) is 18.6 Å². The van der Waals surface area contributed by atoms with E-state index in [1.54, 1.807) is 29.9 Å². The van der Waals surface area contributed by atoms with Crippen molar-refractivity contribution in [3.63, 3.8) is 0 Å². The minimum Gasteiger partial charge on any atom is -0.497 e. The molecule has 1 aromatic heterocycles. The monoisotopic (exact) mass is 492 g/mol. The first-order valence-corrected chi connectivity index (χ1v) is 11.6. The Bertz CT molecular complexity index is 1150. The molecule has 4 rings (SSSR count). The van der Waals surface area contributed by atoms with Crippen LogP contribution in [0.3, 0.4) is 0 Å². The van der Waals surface area contributed by atoms with E-state index in [0.29, 0.717) is 41.0 Å². The summed E-state index contributed by atoms with van der Waals surface area (Å²) in [5, 5.41) is 11.8. The summed E-state index contributed by atoms with van der Waals surface area (Å²) >= 11 is 1.25. The molecule has 2 heterocycles. The highest BCUT2D eigenvalue weighted by molar-refractivity contribution is 7.98. The maximum Gasteiger partial charge on any atom is 0.416 e. The first-order chi connectivity index (χ1) is 16.3. The number of nitrogens with one attached hydrogen (secondary N) is 1. The van der Waals surface area contributed by atoms with E-state index in [4.69, 9.17) is 9.47 Å². The molecule has 11 heteroatoms. The van der Waals surface area contributed by atoms with Crippen molar-refractivity contribution in [1.29, 1.82) is 0 Å². The Kier molecular flexibility index (Phi) is 7.42. The first kappa shape index (κ1) is 24.1. The Morgan fingerprint density at radius 3 is 2.79 bits per heavy atom. The number of carbonyl (C=O) groups excluding carboxylic acids is 1. The topological polar surface area (TPSA) is 78.3 Å². The summed E-state index contributed by atoms with van der Waals surface area (Å²) in [5.74, 6) is 1.14. The number of hydrogen-bond acceptors (Lipinski definition) is 6. The second kappa shape index (κ2) is 10.5. The molecule has 0 bridgehead atoms. The molecule has 0 spiro atoms. The van der Waals surface area contributed by atoms with Gasteiger partial charge in [0.2, 0.25) is 5.91 Å².